The highest BCUT2D eigenvalue weighted by atomic mass is 79.9. The molecule has 2 aromatic carbocycles. The van der Waals surface area contributed by atoms with Gasteiger partial charge in [0.2, 0.25) is 0 Å². The molecule has 12 heteroatoms. The number of unbranched alkanes of at least 4 members (excludes halogenated alkanes) is 1. The van der Waals surface area contributed by atoms with E-state index in [2.05, 4.69) is 25.7 Å². The second-order valence-corrected chi connectivity index (χ2v) is 12.0. The van der Waals surface area contributed by atoms with Gasteiger partial charge in [-0.2, -0.15) is 0 Å². The van der Waals surface area contributed by atoms with E-state index in [0.29, 0.717) is 42.9 Å². The van der Waals surface area contributed by atoms with Crippen LogP contribution in [0.5, 0.6) is 17.2 Å². The lowest BCUT2D eigenvalue weighted by molar-refractivity contribution is -0.137. The number of carbonyl (C=O) groups excluding carboxylic acids is 1. The average molecular weight is 681 g/mol. The Kier molecular flexibility index (Phi) is 11.6. The van der Waals surface area contributed by atoms with Crippen molar-refractivity contribution in [2.75, 3.05) is 52.5 Å². The topological polar surface area (TPSA) is 122 Å². The summed E-state index contributed by atoms with van der Waals surface area (Å²) in [5, 5.41) is 17.7. The van der Waals surface area contributed by atoms with Crippen LogP contribution in [0.2, 0.25) is 0 Å². The smallest absolute Gasteiger partial charge is 0.303 e. The summed E-state index contributed by atoms with van der Waals surface area (Å²) in [4.78, 5) is 28.5. The Balaban J connectivity index is 0.00000529. The maximum atomic E-state index is 15.3. The highest BCUT2D eigenvalue weighted by Gasteiger charge is 2.34. The minimum atomic E-state index is -0.836. The first-order chi connectivity index (χ1) is 20.4. The molecule has 44 heavy (non-hydrogen) atoms. The summed E-state index contributed by atoms with van der Waals surface area (Å²) in [5.74, 6) is -0.966. The Morgan fingerprint density at radius 3 is 2.41 bits per heavy atom. The number of anilines is 1. The molecule has 0 radical (unpaired) electrons. The predicted octanol–water partition coefficient (Wildman–Crippen LogP) is 5.60. The van der Waals surface area contributed by atoms with Crippen molar-refractivity contribution in [3.05, 3.63) is 46.3 Å². The van der Waals surface area contributed by atoms with Gasteiger partial charge in [0.25, 0.3) is 0 Å². The van der Waals surface area contributed by atoms with Crippen molar-refractivity contribution >= 4 is 40.3 Å². The molecule has 0 saturated carbocycles. The second-order valence-electron chi connectivity index (χ2n) is 12.0. The van der Waals surface area contributed by atoms with Crippen LogP contribution in [-0.4, -0.2) is 81.3 Å². The number of nitrogens with one attached hydrogen (secondary N) is 1. The fourth-order valence-corrected chi connectivity index (χ4v) is 5.63. The van der Waals surface area contributed by atoms with Crippen LogP contribution >= 0.6 is 17.0 Å². The van der Waals surface area contributed by atoms with Gasteiger partial charge >= 0.3 is 5.97 Å². The van der Waals surface area contributed by atoms with Crippen LogP contribution in [0.1, 0.15) is 73.5 Å². The van der Waals surface area contributed by atoms with Gasteiger partial charge in [0.15, 0.2) is 23.1 Å². The van der Waals surface area contributed by atoms with Crippen LogP contribution < -0.4 is 19.1 Å². The molecule has 242 valence electrons. The summed E-state index contributed by atoms with van der Waals surface area (Å²) < 4.78 is 37.7. The quantitative estimate of drug-likeness (QED) is 0.206. The molecule has 2 N–H and O–H groups in total. The van der Waals surface area contributed by atoms with Gasteiger partial charge in [-0.1, -0.05) is 20.8 Å². The van der Waals surface area contributed by atoms with Gasteiger partial charge in [0, 0.05) is 44.3 Å². The number of fused-ring (bicyclic) bond motifs is 1. The van der Waals surface area contributed by atoms with Crippen molar-refractivity contribution in [1.29, 1.82) is 5.41 Å². The molecule has 2 aromatic rings. The molecule has 2 aliphatic heterocycles. The molecule has 0 aromatic heterocycles. The van der Waals surface area contributed by atoms with E-state index in [0.717, 1.165) is 24.2 Å². The monoisotopic (exact) mass is 679 g/mol. The van der Waals surface area contributed by atoms with Gasteiger partial charge in [-0.05, 0) is 48.4 Å². The zero-order valence-electron chi connectivity index (χ0n) is 26.3. The SMILES string of the molecule is Br.COc1cc2c(c(F)c1OC)C(=N)N(CC(=O)c1cc(N3CCC(OC)C3)c(OCCCCC(=O)O)c(C(C)(C)C)c1)C2. The van der Waals surface area contributed by atoms with Gasteiger partial charge in [-0.15, -0.1) is 17.0 Å². The number of aliphatic carboxylic acids is 1. The minimum Gasteiger partial charge on any atom is -0.493 e. The number of nitrogens with zero attached hydrogens (tertiary/aromatic N) is 2. The number of hydrogen-bond donors (Lipinski definition) is 2. The summed E-state index contributed by atoms with van der Waals surface area (Å²) in [7, 11) is 4.45. The van der Waals surface area contributed by atoms with Crippen LogP contribution in [0.25, 0.3) is 0 Å². The summed E-state index contributed by atoms with van der Waals surface area (Å²) in [6, 6.07) is 5.33. The van der Waals surface area contributed by atoms with Gasteiger partial charge in [0.05, 0.1) is 44.7 Å². The van der Waals surface area contributed by atoms with E-state index in [9.17, 15) is 9.59 Å². The molecule has 10 nitrogen and oxygen atoms in total. The maximum absolute atomic E-state index is 15.3. The Hall–Kier alpha value is -3.38. The number of hydrogen-bond acceptors (Lipinski definition) is 8. The number of carboxylic acids is 1. The van der Waals surface area contributed by atoms with E-state index >= 15 is 4.39 Å². The van der Waals surface area contributed by atoms with Crippen LogP contribution in [0, 0.1) is 11.2 Å². The fourth-order valence-electron chi connectivity index (χ4n) is 5.63. The number of ketones is 1. The van der Waals surface area contributed by atoms with Gasteiger partial charge < -0.3 is 33.9 Å². The number of methoxy groups -OCH3 is 3. The fraction of sp³-hybridized carbons (Fsp3) is 0.531. The summed E-state index contributed by atoms with van der Waals surface area (Å²) in [6.07, 6.45) is 2.05. The predicted molar refractivity (Wildman–Crippen MR) is 171 cm³/mol. The van der Waals surface area contributed by atoms with E-state index in [1.807, 2.05) is 12.1 Å². The summed E-state index contributed by atoms with van der Waals surface area (Å²) in [5.41, 5.74) is 2.39. The van der Waals surface area contributed by atoms with E-state index in [1.165, 1.54) is 14.2 Å². The maximum Gasteiger partial charge on any atom is 0.303 e. The molecule has 1 atom stereocenters. The Morgan fingerprint density at radius 2 is 1.82 bits per heavy atom. The molecule has 1 unspecified atom stereocenters. The Labute approximate surface area is 268 Å². The van der Waals surface area contributed by atoms with Crippen molar-refractivity contribution in [2.45, 2.75) is 64.5 Å². The second kappa shape index (κ2) is 14.6. The van der Waals surface area contributed by atoms with E-state index in [4.69, 9.17) is 29.5 Å². The lowest BCUT2D eigenvalue weighted by Crippen LogP contribution is -2.31. The molecule has 0 amide bonds. The van der Waals surface area contributed by atoms with Crippen molar-refractivity contribution in [3.63, 3.8) is 0 Å². The molecule has 0 bridgehead atoms. The number of rotatable bonds is 13. The Morgan fingerprint density at radius 1 is 1.09 bits per heavy atom. The van der Waals surface area contributed by atoms with Crippen molar-refractivity contribution in [1.82, 2.24) is 4.90 Å². The van der Waals surface area contributed by atoms with Crippen LogP contribution in [-0.2, 0) is 21.5 Å². The standard InChI is InChI=1S/C32H42FN3O7.BrH/c1-32(2,3)22-13-19(14-23(35-11-10-21(17-35)40-4)29(22)43-12-8-7-9-26(38)39)24(37)18-36-16-20-15-25(41-5)30(42-6)28(33)27(20)31(36)34;/h13-15,21,34H,7-12,16-18H2,1-6H3,(H,38,39);1H. The highest BCUT2D eigenvalue weighted by molar-refractivity contribution is 8.93. The highest BCUT2D eigenvalue weighted by Crippen LogP contribution is 2.42. The largest absolute Gasteiger partial charge is 0.493 e. The van der Waals surface area contributed by atoms with Crippen molar-refractivity contribution < 1.29 is 38.0 Å². The molecule has 0 spiro atoms. The normalized spacial score (nSPS) is 16.1. The van der Waals surface area contributed by atoms with E-state index in [1.54, 1.807) is 18.1 Å². The first-order valence-corrected chi connectivity index (χ1v) is 14.5. The Bertz CT molecular complexity index is 1400. The van der Waals surface area contributed by atoms with Crippen molar-refractivity contribution in [3.8, 4) is 17.2 Å². The number of amidine groups is 1. The number of benzene rings is 2. The van der Waals surface area contributed by atoms with Crippen molar-refractivity contribution in [2.24, 2.45) is 0 Å². The minimum absolute atomic E-state index is 0. The summed E-state index contributed by atoms with van der Waals surface area (Å²) in [6.45, 7) is 7.94. The third-order valence-electron chi connectivity index (χ3n) is 7.99. The molecular weight excluding hydrogens is 637 g/mol. The lowest BCUT2D eigenvalue weighted by Gasteiger charge is -2.30. The number of carboxylic acid groups (broad SMARTS) is 1. The van der Waals surface area contributed by atoms with E-state index < -0.39 is 11.8 Å². The number of halogens is 2. The van der Waals surface area contributed by atoms with Crippen LogP contribution in [0.3, 0.4) is 0 Å². The molecule has 0 aliphatic carbocycles. The van der Waals surface area contributed by atoms with Crippen LogP contribution in [0.4, 0.5) is 10.1 Å². The van der Waals surface area contributed by atoms with E-state index in [-0.39, 0.29) is 76.7 Å². The number of Topliss-reactive ketones (excluding diaryl/α,β-unsaturated/α-hetero) is 1. The lowest BCUT2D eigenvalue weighted by atomic mass is 9.84. The van der Waals surface area contributed by atoms with Gasteiger partial charge in [0.1, 0.15) is 11.6 Å². The third-order valence-corrected chi connectivity index (χ3v) is 7.99. The number of ether oxygens (including phenoxy) is 4. The first kappa shape index (κ1) is 35.1. The zero-order valence-corrected chi connectivity index (χ0v) is 28.0. The third kappa shape index (κ3) is 7.46. The molecule has 1 saturated heterocycles. The zero-order chi connectivity index (χ0) is 31.5. The molecule has 2 aliphatic rings. The number of carbonyl (C=O) groups is 2. The first-order valence-electron chi connectivity index (χ1n) is 14.5. The molecule has 2 heterocycles. The van der Waals surface area contributed by atoms with Gasteiger partial charge in [-0.3, -0.25) is 15.0 Å². The molecule has 4 rings (SSSR count). The summed E-state index contributed by atoms with van der Waals surface area (Å²) >= 11 is 0. The molecule has 1 fully saturated rings. The van der Waals surface area contributed by atoms with Crippen LogP contribution in [0.15, 0.2) is 18.2 Å². The van der Waals surface area contributed by atoms with Gasteiger partial charge in [-0.25, -0.2) is 4.39 Å². The average Bonchev–Trinajstić information content (AvgIpc) is 3.56. The molecular formula is C32H43BrFN3O7.